The third-order valence-corrected chi connectivity index (χ3v) is 4.69. The van der Waals surface area contributed by atoms with E-state index in [9.17, 15) is 4.79 Å². The largest absolute Gasteiger partial charge is 0.497 e. The van der Waals surface area contributed by atoms with Crippen molar-refractivity contribution in [2.75, 3.05) is 26.0 Å². The summed E-state index contributed by atoms with van der Waals surface area (Å²) < 4.78 is 5.11. The molecule has 0 saturated carbocycles. The highest BCUT2D eigenvalue weighted by Gasteiger charge is 2.19. The zero-order chi connectivity index (χ0) is 15.5. The van der Waals surface area contributed by atoms with Gasteiger partial charge in [-0.3, -0.25) is 4.79 Å². The normalized spacial score (nSPS) is 14.5. The number of aromatic nitrogens is 1. The van der Waals surface area contributed by atoms with Gasteiger partial charge in [-0.25, -0.2) is 4.98 Å². The monoisotopic (exact) mass is 317 g/mol. The van der Waals surface area contributed by atoms with Crippen LogP contribution in [-0.4, -0.2) is 36.5 Å². The average Bonchev–Trinajstić information content (AvgIpc) is 2.89. The van der Waals surface area contributed by atoms with E-state index in [1.54, 1.807) is 18.4 Å². The second-order valence-corrected chi connectivity index (χ2v) is 6.53. The van der Waals surface area contributed by atoms with E-state index in [0.717, 1.165) is 36.5 Å². The fraction of sp³-hybridized carbons (Fsp3) is 0.375. The Morgan fingerprint density at radius 2 is 2.18 bits per heavy atom. The minimum absolute atomic E-state index is 0.0374. The molecule has 1 aliphatic heterocycles. The average molecular weight is 317 g/mol. The summed E-state index contributed by atoms with van der Waals surface area (Å²) in [7, 11) is 3.73. The number of carbonyl (C=O) groups is 1. The van der Waals surface area contributed by atoms with E-state index in [1.807, 2.05) is 24.3 Å². The number of nitrogens with zero attached hydrogens (tertiary/aromatic N) is 2. The molecule has 22 heavy (non-hydrogen) atoms. The first-order valence-electron chi connectivity index (χ1n) is 7.24. The van der Waals surface area contributed by atoms with E-state index in [-0.39, 0.29) is 5.91 Å². The summed E-state index contributed by atoms with van der Waals surface area (Å²) in [6.45, 7) is 1.94. The van der Waals surface area contributed by atoms with Gasteiger partial charge in [-0.15, -0.1) is 11.3 Å². The number of anilines is 1. The molecule has 2 heterocycles. The number of amides is 1. The van der Waals surface area contributed by atoms with Gasteiger partial charge in [0, 0.05) is 24.4 Å². The SMILES string of the molecule is COc1ccc(CC(=O)Nc2nc3c(s2)CN(C)CC3)cc1. The molecule has 6 heteroatoms. The van der Waals surface area contributed by atoms with Crippen molar-refractivity contribution in [2.45, 2.75) is 19.4 Å². The van der Waals surface area contributed by atoms with Gasteiger partial charge < -0.3 is 15.0 Å². The number of methoxy groups -OCH3 is 1. The fourth-order valence-electron chi connectivity index (χ4n) is 2.47. The second kappa shape index (κ2) is 6.46. The van der Waals surface area contributed by atoms with Crippen LogP contribution in [0.5, 0.6) is 5.75 Å². The summed E-state index contributed by atoms with van der Waals surface area (Å²) in [4.78, 5) is 20.2. The van der Waals surface area contributed by atoms with Gasteiger partial charge in [0.05, 0.1) is 19.2 Å². The molecule has 0 fully saturated rings. The van der Waals surface area contributed by atoms with Crippen LogP contribution in [0.2, 0.25) is 0 Å². The summed E-state index contributed by atoms with van der Waals surface area (Å²) in [5.74, 6) is 0.755. The van der Waals surface area contributed by atoms with E-state index in [0.29, 0.717) is 11.6 Å². The minimum Gasteiger partial charge on any atom is -0.497 e. The van der Waals surface area contributed by atoms with Crippen LogP contribution < -0.4 is 10.1 Å². The highest BCUT2D eigenvalue weighted by atomic mass is 32.1. The molecule has 0 radical (unpaired) electrons. The van der Waals surface area contributed by atoms with Crippen molar-refractivity contribution in [3.63, 3.8) is 0 Å². The number of fused-ring (bicyclic) bond motifs is 1. The number of nitrogens with one attached hydrogen (secondary N) is 1. The molecule has 116 valence electrons. The van der Waals surface area contributed by atoms with Crippen LogP contribution in [0.1, 0.15) is 16.1 Å². The Kier molecular flexibility index (Phi) is 4.40. The van der Waals surface area contributed by atoms with Crippen molar-refractivity contribution in [1.29, 1.82) is 0 Å². The standard InChI is InChI=1S/C16H19N3O2S/c1-19-8-7-13-14(10-19)22-16(17-13)18-15(20)9-11-3-5-12(21-2)6-4-11/h3-6H,7-10H2,1-2H3,(H,17,18,20). The number of likely N-dealkylation sites (N-methyl/N-ethyl adjacent to an activating group) is 1. The topological polar surface area (TPSA) is 54.5 Å². The van der Waals surface area contributed by atoms with Gasteiger partial charge in [-0.1, -0.05) is 12.1 Å². The Bertz CT molecular complexity index is 667. The predicted molar refractivity (Wildman–Crippen MR) is 87.5 cm³/mol. The van der Waals surface area contributed by atoms with Crippen molar-refractivity contribution in [3.8, 4) is 5.75 Å². The molecule has 2 aromatic rings. The van der Waals surface area contributed by atoms with E-state index in [1.165, 1.54) is 4.88 Å². The maximum Gasteiger partial charge on any atom is 0.230 e. The zero-order valence-corrected chi connectivity index (χ0v) is 13.6. The number of ether oxygens (including phenoxy) is 1. The number of carbonyl (C=O) groups excluding carboxylic acids is 1. The quantitative estimate of drug-likeness (QED) is 0.940. The van der Waals surface area contributed by atoms with Crippen molar-refractivity contribution in [2.24, 2.45) is 0 Å². The summed E-state index contributed by atoms with van der Waals surface area (Å²) in [6, 6.07) is 7.53. The van der Waals surface area contributed by atoms with Crippen LogP contribution in [0.4, 0.5) is 5.13 Å². The fourth-order valence-corrected chi connectivity index (χ4v) is 3.57. The van der Waals surface area contributed by atoms with Gasteiger partial charge in [-0.2, -0.15) is 0 Å². The van der Waals surface area contributed by atoms with Crippen LogP contribution >= 0.6 is 11.3 Å². The molecule has 0 unspecified atom stereocenters. The zero-order valence-electron chi connectivity index (χ0n) is 12.8. The van der Waals surface area contributed by atoms with Crippen LogP contribution in [0.3, 0.4) is 0 Å². The van der Waals surface area contributed by atoms with E-state index < -0.39 is 0 Å². The molecule has 5 nitrogen and oxygen atoms in total. The molecule has 1 aromatic heterocycles. The molecule has 1 N–H and O–H groups in total. The van der Waals surface area contributed by atoms with Gasteiger partial charge >= 0.3 is 0 Å². The highest BCUT2D eigenvalue weighted by molar-refractivity contribution is 7.15. The summed E-state index contributed by atoms with van der Waals surface area (Å²) >= 11 is 1.58. The number of hydrogen-bond acceptors (Lipinski definition) is 5. The highest BCUT2D eigenvalue weighted by Crippen LogP contribution is 2.27. The lowest BCUT2D eigenvalue weighted by molar-refractivity contribution is -0.115. The Labute approximate surface area is 133 Å². The van der Waals surface area contributed by atoms with E-state index in [4.69, 9.17) is 4.74 Å². The first kappa shape index (κ1) is 15.0. The Hall–Kier alpha value is -1.92. The van der Waals surface area contributed by atoms with Crippen LogP contribution in [0, 0.1) is 0 Å². The van der Waals surface area contributed by atoms with Crippen molar-refractivity contribution in [3.05, 3.63) is 40.4 Å². The Morgan fingerprint density at radius 1 is 1.41 bits per heavy atom. The molecule has 0 atom stereocenters. The third-order valence-electron chi connectivity index (χ3n) is 3.69. The molecule has 1 aliphatic rings. The van der Waals surface area contributed by atoms with Gasteiger partial charge in [0.1, 0.15) is 5.75 Å². The van der Waals surface area contributed by atoms with Crippen molar-refractivity contribution < 1.29 is 9.53 Å². The summed E-state index contributed by atoms with van der Waals surface area (Å²) in [6.07, 6.45) is 1.30. The molecule has 1 aromatic carbocycles. The maximum atomic E-state index is 12.1. The smallest absolute Gasteiger partial charge is 0.230 e. The minimum atomic E-state index is -0.0374. The lowest BCUT2D eigenvalue weighted by Gasteiger charge is -2.20. The van der Waals surface area contributed by atoms with Crippen molar-refractivity contribution in [1.82, 2.24) is 9.88 Å². The maximum absolute atomic E-state index is 12.1. The Morgan fingerprint density at radius 3 is 2.91 bits per heavy atom. The predicted octanol–water partition coefficient (Wildman–Crippen LogP) is 2.32. The van der Waals surface area contributed by atoms with Crippen LogP contribution in [0.15, 0.2) is 24.3 Å². The summed E-state index contributed by atoms with van der Waals surface area (Å²) in [5.41, 5.74) is 2.09. The first-order chi connectivity index (χ1) is 10.6. The lowest BCUT2D eigenvalue weighted by Crippen LogP contribution is -2.25. The number of thiazole rings is 1. The van der Waals surface area contributed by atoms with Crippen LogP contribution in [-0.2, 0) is 24.2 Å². The molecule has 0 aliphatic carbocycles. The Balaban J connectivity index is 1.61. The lowest BCUT2D eigenvalue weighted by atomic mass is 10.1. The van der Waals surface area contributed by atoms with Crippen LogP contribution in [0.25, 0.3) is 0 Å². The number of rotatable bonds is 4. The first-order valence-corrected chi connectivity index (χ1v) is 8.05. The molecular weight excluding hydrogens is 298 g/mol. The number of hydrogen-bond donors (Lipinski definition) is 1. The molecular formula is C16H19N3O2S. The molecule has 0 saturated heterocycles. The molecule has 3 rings (SSSR count). The van der Waals surface area contributed by atoms with E-state index >= 15 is 0 Å². The van der Waals surface area contributed by atoms with Gasteiger partial charge in [0.25, 0.3) is 0 Å². The van der Waals surface area contributed by atoms with Gasteiger partial charge in [0.15, 0.2) is 5.13 Å². The second-order valence-electron chi connectivity index (χ2n) is 5.45. The molecule has 0 spiro atoms. The van der Waals surface area contributed by atoms with Gasteiger partial charge in [-0.05, 0) is 24.7 Å². The summed E-state index contributed by atoms with van der Waals surface area (Å²) in [5, 5.41) is 3.62. The molecule has 0 bridgehead atoms. The third kappa shape index (κ3) is 3.45. The molecule has 1 amide bonds. The van der Waals surface area contributed by atoms with Gasteiger partial charge in [0.2, 0.25) is 5.91 Å². The van der Waals surface area contributed by atoms with Crippen molar-refractivity contribution >= 4 is 22.4 Å². The number of benzene rings is 1. The van der Waals surface area contributed by atoms with E-state index in [2.05, 4.69) is 22.2 Å².